The highest BCUT2D eigenvalue weighted by Crippen LogP contribution is 2.16. The fourth-order valence-corrected chi connectivity index (χ4v) is 2.45. The summed E-state index contributed by atoms with van der Waals surface area (Å²) in [5, 5.41) is 3.37. The molecule has 0 bridgehead atoms. The maximum atomic E-state index is 12.4. The van der Waals surface area contributed by atoms with Crippen LogP contribution in [-0.4, -0.2) is 61.5 Å². The van der Waals surface area contributed by atoms with Gasteiger partial charge in [0.25, 0.3) is 0 Å². The van der Waals surface area contributed by atoms with Crippen LogP contribution in [0.3, 0.4) is 0 Å². The average molecular weight is 255 g/mol. The molecule has 106 valence electrons. The second kappa shape index (κ2) is 7.74. The predicted molar refractivity (Wildman–Crippen MR) is 75.7 cm³/mol. The molecule has 0 aliphatic carbocycles. The van der Waals surface area contributed by atoms with Crippen molar-refractivity contribution in [3.05, 3.63) is 0 Å². The van der Waals surface area contributed by atoms with E-state index in [0.29, 0.717) is 11.9 Å². The molecule has 0 aromatic rings. The van der Waals surface area contributed by atoms with E-state index in [0.717, 1.165) is 45.3 Å². The molecule has 18 heavy (non-hydrogen) atoms. The van der Waals surface area contributed by atoms with Crippen LogP contribution in [0.4, 0.5) is 0 Å². The number of piperidine rings is 1. The topological polar surface area (TPSA) is 35.6 Å². The zero-order valence-corrected chi connectivity index (χ0v) is 12.4. The van der Waals surface area contributed by atoms with Gasteiger partial charge in [-0.2, -0.15) is 0 Å². The highest BCUT2D eigenvalue weighted by Gasteiger charge is 2.30. The Hall–Kier alpha value is -0.610. The van der Waals surface area contributed by atoms with Crippen molar-refractivity contribution in [3.63, 3.8) is 0 Å². The van der Waals surface area contributed by atoms with Crippen molar-refractivity contribution < 1.29 is 4.79 Å². The van der Waals surface area contributed by atoms with Gasteiger partial charge in [-0.25, -0.2) is 0 Å². The summed E-state index contributed by atoms with van der Waals surface area (Å²) in [5.41, 5.74) is 0. The lowest BCUT2D eigenvalue weighted by Crippen LogP contribution is -2.54. The third-order valence-electron chi connectivity index (χ3n) is 3.64. The van der Waals surface area contributed by atoms with Crippen LogP contribution in [0.5, 0.6) is 0 Å². The van der Waals surface area contributed by atoms with Crippen LogP contribution >= 0.6 is 0 Å². The van der Waals surface area contributed by atoms with Crippen molar-refractivity contribution in [3.8, 4) is 0 Å². The Bertz CT molecular complexity index is 255. The quantitative estimate of drug-likeness (QED) is 0.745. The minimum atomic E-state index is 0.0560. The second-order valence-corrected chi connectivity index (χ2v) is 5.62. The molecule has 1 rings (SSSR count). The Morgan fingerprint density at radius 2 is 2.22 bits per heavy atom. The number of likely N-dealkylation sites (tertiary alicyclic amines) is 1. The summed E-state index contributed by atoms with van der Waals surface area (Å²) < 4.78 is 0. The minimum Gasteiger partial charge on any atom is -0.339 e. The summed E-state index contributed by atoms with van der Waals surface area (Å²) >= 11 is 0. The minimum absolute atomic E-state index is 0.0560. The summed E-state index contributed by atoms with van der Waals surface area (Å²) in [5.74, 6) is 0.306. The Morgan fingerprint density at radius 1 is 1.50 bits per heavy atom. The molecule has 0 radical (unpaired) electrons. The molecule has 0 aromatic carbocycles. The molecule has 1 saturated heterocycles. The van der Waals surface area contributed by atoms with E-state index in [-0.39, 0.29) is 6.04 Å². The van der Waals surface area contributed by atoms with Gasteiger partial charge in [-0.3, -0.25) is 4.79 Å². The highest BCUT2D eigenvalue weighted by molar-refractivity contribution is 5.82. The Morgan fingerprint density at radius 3 is 2.83 bits per heavy atom. The summed E-state index contributed by atoms with van der Waals surface area (Å²) in [6.45, 7) is 7.22. The zero-order chi connectivity index (χ0) is 13.5. The molecular weight excluding hydrogens is 226 g/mol. The lowest BCUT2D eigenvalue weighted by Gasteiger charge is -2.37. The molecular formula is C14H29N3O. The van der Waals surface area contributed by atoms with E-state index in [4.69, 9.17) is 0 Å². The number of carbonyl (C=O) groups excluding carboxylic acids is 1. The number of hydrogen-bond acceptors (Lipinski definition) is 3. The smallest absolute Gasteiger partial charge is 0.239 e. The van der Waals surface area contributed by atoms with Gasteiger partial charge in [-0.1, -0.05) is 6.92 Å². The van der Waals surface area contributed by atoms with E-state index in [1.54, 1.807) is 0 Å². The molecule has 1 aliphatic heterocycles. The van der Waals surface area contributed by atoms with Crippen molar-refractivity contribution in [2.75, 3.05) is 33.7 Å². The first-order valence-electron chi connectivity index (χ1n) is 7.24. The van der Waals surface area contributed by atoms with Gasteiger partial charge >= 0.3 is 0 Å². The second-order valence-electron chi connectivity index (χ2n) is 5.62. The summed E-state index contributed by atoms with van der Waals surface area (Å²) in [4.78, 5) is 16.6. The number of nitrogens with one attached hydrogen (secondary N) is 1. The highest BCUT2D eigenvalue weighted by atomic mass is 16.2. The van der Waals surface area contributed by atoms with Gasteiger partial charge in [0.15, 0.2) is 0 Å². The molecule has 0 aromatic heterocycles. The maximum Gasteiger partial charge on any atom is 0.239 e. The molecule has 2 unspecified atom stereocenters. The van der Waals surface area contributed by atoms with Crippen molar-refractivity contribution in [2.45, 2.75) is 51.6 Å². The first-order chi connectivity index (χ1) is 8.56. The predicted octanol–water partition coefficient (Wildman–Crippen LogP) is 1.32. The molecule has 4 heteroatoms. The maximum absolute atomic E-state index is 12.4. The molecule has 0 saturated carbocycles. The lowest BCUT2D eigenvalue weighted by molar-refractivity contribution is -0.138. The van der Waals surface area contributed by atoms with Gasteiger partial charge in [-0.05, 0) is 59.8 Å². The summed E-state index contributed by atoms with van der Waals surface area (Å²) in [7, 11) is 4.16. The molecule has 1 amide bonds. The third kappa shape index (κ3) is 4.58. The monoisotopic (exact) mass is 255 g/mol. The van der Waals surface area contributed by atoms with E-state index < -0.39 is 0 Å². The van der Waals surface area contributed by atoms with Crippen LogP contribution < -0.4 is 5.32 Å². The van der Waals surface area contributed by atoms with Crippen LogP contribution in [0.15, 0.2) is 0 Å². The lowest BCUT2D eigenvalue weighted by atomic mass is 10.0. The van der Waals surface area contributed by atoms with E-state index >= 15 is 0 Å². The Labute approximate surface area is 112 Å². The fourth-order valence-electron chi connectivity index (χ4n) is 2.45. The third-order valence-corrected chi connectivity index (χ3v) is 3.64. The van der Waals surface area contributed by atoms with Crippen LogP contribution in [0.1, 0.15) is 39.5 Å². The summed E-state index contributed by atoms with van der Waals surface area (Å²) in [6, 6.07) is 0.409. The standard InChI is InChI=1S/C14H29N3O/c1-5-9-15-13-7-6-10-17(14(13)18)12(2)8-11-16(3)4/h12-13,15H,5-11H2,1-4H3. The first-order valence-corrected chi connectivity index (χ1v) is 7.24. The van der Waals surface area contributed by atoms with Crippen LogP contribution in [0, 0.1) is 0 Å². The SMILES string of the molecule is CCCNC1CCCN(C(C)CCN(C)C)C1=O. The van der Waals surface area contributed by atoms with Gasteiger partial charge in [0.1, 0.15) is 0 Å². The molecule has 1 fully saturated rings. The number of hydrogen-bond donors (Lipinski definition) is 1. The van der Waals surface area contributed by atoms with Gasteiger partial charge in [0.05, 0.1) is 6.04 Å². The molecule has 0 spiro atoms. The van der Waals surface area contributed by atoms with Crippen molar-refractivity contribution in [1.82, 2.24) is 15.1 Å². The van der Waals surface area contributed by atoms with Crippen molar-refractivity contribution in [1.29, 1.82) is 0 Å². The number of nitrogens with zero attached hydrogens (tertiary/aromatic N) is 2. The Kier molecular flexibility index (Phi) is 6.65. The summed E-state index contributed by atoms with van der Waals surface area (Å²) in [6.07, 6.45) is 4.26. The Balaban J connectivity index is 2.46. The van der Waals surface area contributed by atoms with Crippen molar-refractivity contribution in [2.24, 2.45) is 0 Å². The van der Waals surface area contributed by atoms with E-state index in [9.17, 15) is 4.79 Å². The molecule has 1 N–H and O–H groups in total. The number of rotatable bonds is 7. The van der Waals surface area contributed by atoms with Crippen LogP contribution in [0.2, 0.25) is 0 Å². The molecule has 4 nitrogen and oxygen atoms in total. The normalized spacial score (nSPS) is 22.6. The molecule has 1 heterocycles. The molecule has 1 aliphatic rings. The zero-order valence-electron chi connectivity index (χ0n) is 12.4. The largest absolute Gasteiger partial charge is 0.339 e. The van der Waals surface area contributed by atoms with E-state index in [1.807, 2.05) is 0 Å². The first kappa shape index (κ1) is 15.4. The molecule has 2 atom stereocenters. The number of carbonyl (C=O) groups is 1. The van der Waals surface area contributed by atoms with Gasteiger partial charge in [-0.15, -0.1) is 0 Å². The van der Waals surface area contributed by atoms with Crippen molar-refractivity contribution >= 4 is 5.91 Å². The van der Waals surface area contributed by atoms with Crippen LogP contribution in [-0.2, 0) is 4.79 Å². The number of amides is 1. The fraction of sp³-hybridized carbons (Fsp3) is 0.929. The van der Waals surface area contributed by atoms with E-state index in [1.165, 1.54) is 0 Å². The average Bonchev–Trinajstić information content (AvgIpc) is 2.34. The van der Waals surface area contributed by atoms with Gasteiger partial charge in [0.2, 0.25) is 5.91 Å². The van der Waals surface area contributed by atoms with Gasteiger partial charge < -0.3 is 15.1 Å². The van der Waals surface area contributed by atoms with E-state index in [2.05, 4.69) is 43.1 Å². The van der Waals surface area contributed by atoms with Gasteiger partial charge in [0, 0.05) is 12.6 Å². The van der Waals surface area contributed by atoms with Crippen LogP contribution in [0.25, 0.3) is 0 Å².